The molecule has 0 atom stereocenters. The van der Waals surface area contributed by atoms with Crippen molar-refractivity contribution in [1.82, 2.24) is 0 Å². The van der Waals surface area contributed by atoms with E-state index in [1.54, 1.807) is 48.5 Å². The van der Waals surface area contributed by atoms with Crippen LogP contribution in [0.5, 0.6) is 5.75 Å². The van der Waals surface area contributed by atoms with Gasteiger partial charge in [-0.2, -0.15) is 0 Å². The van der Waals surface area contributed by atoms with Crippen LogP contribution < -0.4 is 20.7 Å². The molecule has 0 aliphatic carbocycles. The molecule has 6 nitrogen and oxygen atoms in total. The first kappa shape index (κ1) is 15.4. The minimum Gasteiger partial charge on any atom is -0.495 e. The van der Waals surface area contributed by atoms with Gasteiger partial charge in [0.15, 0.2) is 0 Å². The van der Waals surface area contributed by atoms with Crippen LogP contribution in [-0.2, 0) is 4.79 Å². The summed E-state index contributed by atoms with van der Waals surface area (Å²) in [5, 5.41) is 2.67. The van der Waals surface area contributed by atoms with Gasteiger partial charge in [-0.3, -0.25) is 4.79 Å². The average molecular weight is 299 g/mol. The molecular weight excluding hydrogens is 282 g/mol. The number of nitrogen functional groups attached to an aromatic ring is 1. The number of rotatable bonds is 3. The minimum absolute atomic E-state index is 0.405. The first-order valence-corrected chi connectivity index (χ1v) is 6.63. The molecule has 0 fully saturated rings. The van der Waals surface area contributed by atoms with E-state index in [-0.39, 0.29) is 0 Å². The van der Waals surface area contributed by atoms with Crippen molar-refractivity contribution in [1.29, 1.82) is 0 Å². The third kappa shape index (κ3) is 3.35. The Hall–Kier alpha value is -3.02. The molecule has 0 spiro atoms. The molecule has 0 saturated heterocycles. The van der Waals surface area contributed by atoms with Crippen molar-refractivity contribution in [2.24, 2.45) is 0 Å². The molecule has 2 aromatic carbocycles. The molecule has 0 bridgehead atoms. The summed E-state index contributed by atoms with van der Waals surface area (Å²) in [4.78, 5) is 25.3. The van der Waals surface area contributed by atoms with Crippen molar-refractivity contribution in [3.63, 3.8) is 0 Å². The number of urea groups is 1. The normalized spacial score (nSPS) is 9.91. The lowest BCUT2D eigenvalue weighted by molar-refractivity contribution is -0.115. The van der Waals surface area contributed by atoms with Crippen molar-refractivity contribution in [3.05, 3.63) is 48.5 Å². The Labute approximate surface area is 128 Å². The summed E-state index contributed by atoms with van der Waals surface area (Å²) in [6.07, 6.45) is 0. The summed E-state index contributed by atoms with van der Waals surface area (Å²) in [7, 11) is 1.51. The summed E-state index contributed by atoms with van der Waals surface area (Å²) in [5.74, 6) is 0.105. The largest absolute Gasteiger partial charge is 0.495 e. The number of hydrogen-bond acceptors (Lipinski definition) is 4. The summed E-state index contributed by atoms with van der Waals surface area (Å²) in [5.41, 5.74) is 7.10. The van der Waals surface area contributed by atoms with Crippen LogP contribution in [0, 0.1) is 0 Å². The summed E-state index contributed by atoms with van der Waals surface area (Å²) < 4.78 is 5.17. The molecular formula is C16H17N3O3. The quantitative estimate of drug-likeness (QED) is 0.853. The van der Waals surface area contributed by atoms with Crippen molar-refractivity contribution in [3.8, 4) is 5.75 Å². The maximum Gasteiger partial charge on any atom is 0.333 e. The van der Waals surface area contributed by atoms with Crippen molar-refractivity contribution >= 4 is 29.0 Å². The first-order valence-electron chi connectivity index (χ1n) is 6.63. The van der Waals surface area contributed by atoms with Gasteiger partial charge in [-0.15, -0.1) is 0 Å². The minimum atomic E-state index is -0.568. The molecule has 0 saturated carbocycles. The van der Waals surface area contributed by atoms with Gasteiger partial charge in [0.2, 0.25) is 5.91 Å². The van der Waals surface area contributed by atoms with E-state index < -0.39 is 11.9 Å². The van der Waals surface area contributed by atoms with Gasteiger partial charge in [-0.05, 0) is 36.4 Å². The number of amides is 3. The monoisotopic (exact) mass is 299 g/mol. The van der Waals surface area contributed by atoms with Crippen LogP contribution in [0.4, 0.5) is 21.9 Å². The van der Waals surface area contributed by atoms with Gasteiger partial charge in [0, 0.05) is 12.6 Å². The number of ether oxygens (including phenoxy) is 1. The van der Waals surface area contributed by atoms with Crippen LogP contribution in [0.25, 0.3) is 0 Å². The Kier molecular flexibility index (Phi) is 4.63. The second-order valence-corrected chi connectivity index (χ2v) is 4.58. The lowest BCUT2D eigenvalue weighted by atomic mass is 10.2. The lowest BCUT2D eigenvalue weighted by Crippen LogP contribution is -2.38. The number of benzene rings is 2. The van der Waals surface area contributed by atoms with Gasteiger partial charge < -0.3 is 15.8 Å². The Balaban J connectivity index is 2.27. The first-order chi connectivity index (χ1) is 10.5. The average Bonchev–Trinajstić information content (AvgIpc) is 2.49. The third-order valence-corrected chi connectivity index (χ3v) is 3.02. The van der Waals surface area contributed by atoms with E-state index >= 15 is 0 Å². The van der Waals surface area contributed by atoms with Crippen LogP contribution >= 0.6 is 0 Å². The molecule has 0 radical (unpaired) electrons. The number of methoxy groups -OCH3 is 1. The highest BCUT2D eigenvalue weighted by Gasteiger charge is 2.21. The molecule has 0 unspecified atom stereocenters. The number of nitrogens with one attached hydrogen (secondary N) is 1. The van der Waals surface area contributed by atoms with E-state index in [2.05, 4.69) is 5.32 Å². The lowest BCUT2D eigenvalue weighted by Gasteiger charge is -2.20. The van der Waals surface area contributed by atoms with Crippen molar-refractivity contribution in [2.75, 3.05) is 23.1 Å². The number of para-hydroxylation sites is 2. The molecule has 0 aromatic heterocycles. The predicted molar refractivity (Wildman–Crippen MR) is 86.0 cm³/mol. The number of carbonyl (C=O) groups excluding carboxylic acids is 2. The highest BCUT2D eigenvalue weighted by atomic mass is 16.5. The summed E-state index contributed by atoms with van der Waals surface area (Å²) in [6, 6.07) is 12.9. The Morgan fingerprint density at radius 2 is 1.73 bits per heavy atom. The maximum absolute atomic E-state index is 12.4. The standard InChI is InChI=1S/C16H17N3O3/c1-11(20)19(13-9-7-12(17)8-10-13)16(21)18-14-5-3-4-6-15(14)22-2/h3-10H,17H2,1-2H3,(H,18,21). The molecule has 3 N–H and O–H groups in total. The Morgan fingerprint density at radius 3 is 2.32 bits per heavy atom. The van der Waals surface area contributed by atoms with Gasteiger partial charge in [0.1, 0.15) is 5.75 Å². The summed E-state index contributed by atoms with van der Waals surface area (Å²) in [6.45, 7) is 1.32. The van der Waals surface area contributed by atoms with Gasteiger partial charge in [0.05, 0.1) is 18.5 Å². The van der Waals surface area contributed by atoms with E-state index in [1.807, 2.05) is 0 Å². The van der Waals surface area contributed by atoms with E-state index in [0.29, 0.717) is 22.8 Å². The van der Waals surface area contributed by atoms with Gasteiger partial charge >= 0.3 is 6.03 Å². The van der Waals surface area contributed by atoms with Crippen LogP contribution in [0.2, 0.25) is 0 Å². The molecule has 6 heteroatoms. The predicted octanol–water partition coefficient (Wildman–Crippen LogP) is 2.86. The number of hydrogen-bond donors (Lipinski definition) is 2. The SMILES string of the molecule is COc1ccccc1NC(=O)N(C(C)=O)c1ccc(N)cc1. The molecule has 2 rings (SSSR count). The van der Waals surface area contributed by atoms with E-state index in [1.165, 1.54) is 14.0 Å². The molecule has 114 valence electrons. The molecule has 0 heterocycles. The second kappa shape index (κ2) is 6.62. The van der Waals surface area contributed by atoms with Gasteiger partial charge in [-0.25, -0.2) is 9.69 Å². The smallest absolute Gasteiger partial charge is 0.333 e. The molecule has 3 amide bonds. The van der Waals surface area contributed by atoms with Gasteiger partial charge in [-0.1, -0.05) is 12.1 Å². The number of imide groups is 1. The highest BCUT2D eigenvalue weighted by Crippen LogP contribution is 2.24. The van der Waals surface area contributed by atoms with Crippen molar-refractivity contribution < 1.29 is 14.3 Å². The molecule has 0 aliphatic rings. The van der Waals surface area contributed by atoms with Crippen molar-refractivity contribution in [2.45, 2.75) is 6.92 Å². The number of anilines is 3. The van der Waals surface area contributed by atoms with Crippen LogP contribution in [0.15, 0.2) is 48.5 Å². The molecule has 0 aliphatic heterocycles. The van der Waals surface area contributed by atoms with E-state index in [0.717, 1.165) is 4.90 Å². The number of nitrogens with two attached hydrogens (primary N) is 1. The Bertz CT molecular complexity index is 683. The number of nitrogens with zero attached hydrogens (tertiary/aromatic N) is 1. The van der Waals surface area contributed by atoms with E-state index in [4.69, 9.17) is 10.5 Å². The Morgan fingerprint density at radius 1 is 1.09 bits per heavy atom. The summed E-state index contributed by atoms with van der Waals surface area (Å²) >= 11 is 0. The molecule has 22 heavy (non-hydrogen) atoms. The third-order valence-electron chi connectivity index (χ3n) is 3.02. The maximum atomic E-state index is 12.4. The fourth-order valence-corrected chi connectivity index (χ4v) is 1.98. The zero-order chi connectivity index (χ0) is 16.1. The topological polar surface area (TPSA) is 84.7 Å². The zero-order valence-electron chi connectivity index (χ0n) is 12.4. The van der Waals surface area contributed by atoms with Crippen LogP contribution in [0.1, 0.15) is 6.92 Å². The fraction of sp³-hybridized carbons (Fsp3) is 0.125. The fourth-order valence-electron chi connectivity index (χ4n) is 1.98. The van der Waals surface area contributed by atoms with E-state index in [9.17, 15) is 9.59 Å². The molecule has 2 aromatic rings. The zero-order valence-corrected chi connectivity index (χ0v) is 12.4. The number of carbonyl (C=O) groups is 2. The van der Waals surface area contributed by atoms with Gasteiger partial charge in [0.25, 0.3) is 0 Å². The highest BCUT2D eigenvalue weighted by molar-refractivity contribution is 6.18. The van der Waals surface area contributed by atoms with Crippen LogP contribution in [0.3, 0.4) is 0 Å². The second-order valence-electron chi connectivity index (χ2n) is 4.58. The van der Waals surface area contributed by atoms with Crippen LogP contribution in [-0.4, -0.2) is 19.0 Å².